The Kier molecular flexibility index (Phi) is 3.31. The highest BCUT2D eigenvalue weighted by Gasteiger charge is 2.24. The van der Waals surface area contributed by atoms with Crippen LogP contribution in [0.4, 0.5) is 16.2 Å². The van der Waals surface area contributed by atoms with Crippen LogP contribution in [-0.2, 0) is 0 Å². The molecule has 0 radical (unpaired) electrons. The van der Waals surface area contributed by atoms with E-state index in [0.29, 0.717) is 24.4 Å². The monoisotopic (exact) mass is 305 g/mol. The maximum atomic E-state index is 12.6. The number of carbonyl (C=O) groups is 1. The van der Waals surface area contributed by atoms with Gasteiger partial charge in [-0.05, 0) is 24.3 Å². The van der Waals surface area contributed by atoms with Crippen molar-refractivity contribution in [2.75, 3.05) is 23.3 Å². The molecule has 1 amide bonds. The van der Waals surface area contributed by atoms with Crippen LogP contribution in [0.15, 0.2) is 60.8 Å². The van der Waals surface area contributed by atoms with Crippen molar-refractivity contribution in [3.05, 3.63) is 60.8 Å². The fourth-order valence-corrected chi connectivity index (χ4v) is 2.78. The van der Waals surface area contributed by atoms with Crippen LogP contribution in [0.1, 0.15) is 0 Å². The first-order valence-electron chi connectivity index (χ1n) is 7.49. The predicted molar refractivity (Wildman–Crippen MR) is 90.0 cm³/mol. The Bertz CT molecular complexity index is 874. The fraction of sp³-hybridized carbons (Fsp3) is 0.111. The van der Waals surface area contributed by atoms with Crippen molar-refractivity contribution in [3.63, 3.8) is 0 Å². The van der Waals surface area contributed by atoms with Gasteiger partial charge in [-0.25, -0.2) is 4.79 Å². The van der Waals surface area contributed by atoms with Crippen molar-refractivity contribution in [1.29, 1.82) is 0 Å². The van der Waals surface area contributed by atoms with Gasteiger partial charge in [-0.15, -0.1) is 0 Å². The molecule has 4 rings (SSSR count). The van der Waals surface area contributed by atoms with Crippen LogP contribution in [0.3, 0.4) is 0 Å². The van der Waals surface area contributed by atoms with E-state index in [2.05, 4.69) is 10.3 Å². The lowest BCUT2D eigenvalue weighted by molar-refractivity contribution is 0.208. The summed E-state index contributed by atoms with van der Waals surface area (Å²) in [5.74, 6) is 0.476. The van der Waals surface area contributed by atoms with Crippen molar-refractivity contribution < 1.29 is 9.53 Å². The largest absolute Gasteiger partial charge is 0.419 e. The molecule has 2 aromatic carbocycles. The molecule has 1 aromatic heterocycles. The summed E-state index contributed by atoms with van der Waals surface area (Å²) in [6.45, 7) is 1.26. The maximum absolute atomic E-state index is 12.6. The number of nitrogens with one attached hydrogen (secondary N) is 1. The lowest BCUT2D eigenvalue weighted by Gasteiger charge is -2.29. The molecule has 1 aliphatic heterocycles. The second-order valence-corrected chi connectivity index (χ2v) is 5.29. The summed E-state index contributed by atoms with van der Waals surface area (Å²) in [7, 11) is 0. The Balaban J connectivity index is 1.66. The third-order valence-electron chi connectivity index (χ3n) is 3.86. The molecule has 1 N–H and O–H groups in total. The summed E-state index contributed by atoms with van der Waals surface area (Å²) in [5.41, 5.74) is 2.45. The summed E-state index contributed by atoms with van der Waals surface area (Å²) >= 11 is 0. The van der Waals surface area contributed by atoms with Crippen LogP contribution in [0.25, 0.3) is 10.9 Å². The number of pyridine rings is 1. The number of aromatic nitrogens is 1. The molecule has 23 heavy (non-hydrogen) atoms. The predicted octanol–water partition coefficient (Wildman–Crippen LogP) is 3.67. The Morgan fingerprint density at radius 2 is 1.96 bits per heavy atom. The number of fused-ring (bicyclic) bond motifs is 2. The molecule has 3 aromatic rings. The molecule has 114 valence electrons. The normalized spacial score (nSPS) is 13.3. The molecular weight excluding hydrogens is 290 g/mol. The van der Waals surface area contributed by atoms with E-state index in [4.69, 9.17) is 4.74 Å². The molecule has 0 aliphatic carbocycles. The van der Waals surface area contributed by atoms with E-state index < -0.39 is 6.09 Å². The molecule has 0 atom stereocenters. The molecule has 5 nitrogen and oxygen atoms in total. The lowest BCUT2D eigenvalue weighted by Crippen LogP contribution is -2.40. The van der Waals surface area contributed by atoms with Gasteiger partial charge in [-0.3, -0.25) is 9.88 Å². The third kappa shape index (κ3) is 2.46. The van der Waals surface area contributed by atoms with Crippen molar-refractivity contribution in [2.45, 2.75) is 0 Å². The van der Waals surface area contributed by atoms with Crippen LogP contribution < -0.4 is 15.0 Å². The Morgan fingerprint density at radius 3 is 2.91 bits per heavy atom. The van der Waals surface area contributed by atoms with Gasteiger partial charge in [0.25, 0.3) is 0 Å². The average molecular weight is 305 g/mol. The number of hydrogen-bond donors (Lipinski definition) is 1. The van der Waals surface area contributed by atoms with Gasteiger partial charge < -0.3 is 10.1 Å². The number of rotatable bonds is 1. The molecule has 0 saturated carbocycles. The second-order valence-electron chi connectivity index (χ2n) is 5.29. The number of anilines is 2. The molecule has 0 bridgehead atoms. The molecule has 0 saturated heterocycles. The van der Waals surface area contributed by atoms with E-state index in [0.717, 1.165) is 16.8 Å². The van der Waals surface area contributed by atoms with Crippen LogP contribution in [0.2, 0.25) is 0 Å². The Morgan fingerprint density at radius 1 is 1.09 bits per heavy atom. The summed E-state index contributed by atoms with van der Waals surface area (Å²) < 4.78 is 5.62. The molecule has 0 unspecified atom stereocenters. The van der Waals surface area contributed by atoms with Crippen molar-refractivity contribution >= 4 is 28.4 Å². The highest BCUT2D eigenvalue weighted by molar-refractivity contribution is 5.96. The smallest absolute Gasteiger partial charge is 0.408 e. The van der Waals surface area contributed by atoms with Gasteiger partial charge in [0.2, 0.25) is 0 Å². The zero-order valence-electron chi connectivity index (χ0n) is 12.4. The summed E-state index contributed by atoms with van der Waals surface area (Å²) in [6, 6.07) is 17.1. The first-order chi connectivity index (χ1) is 11.3. The molecule has 5 heteroatoms. The number of ether oxygens (including phenoxy) is 1. The highest BCUT2D eigenvalue weighted by Crippen LogP contribution is 2.30. The second kappa shape index (κ2) is 5.61. The molecule has 1 aliphatic rings. The topological polar surface area (TPSA) is 54.5 Å². The van der Waals surface area contributed by atoms with Crippen LogP contribution in [-0.4, -0.2) is 24.2 Å². The molecular formula is C18H15N3O2. The van der Waals surface area contributed by atoms with E-state index in [1.165, 1.54) is 0 Å². The van der Waals surface area contributed by atoms with Gasteiger partial charge >= 0.3 is 6.09 Å². The number of carbonyl (C=O) groups excluding carboxylic acids is 1. The minimum Gasteiger partial charge on any atom is -0.408 e. The number of hydrogen-bond acceptors (Lipinski definition) is 4. The van der Waals surface area contributed by atoms with E-state index in [9.17, 15) is 4.79 Å². The van der Waals surface area contributed by atoms with E-state index in [1.807, 2.05) is 48.5 Å². The van der Waals surface area contributed by atoms with Gasteiger partial charge in [0.1, 0.15) is 5.52 Å². The van der Waals surface area contributed by atoms with Crippen molar-refractivity contribution in [3.8, 4) is 5.75 Å². The van der Waals surface area contributed by atoms with Gasteiger partial charge in [-0.2, -0.15) is 0 Å². The first kappa shape index (κ1) is 13.6. The zero-order chi connectivity index (χ0) is 15.6. The number of nitrogens with zero attached hydrogens (tertiary/aromatic N) is 2. The summed E-state index contributed by atoms with van der Waals surface area (Å²) in [5, 5.41) is 4.22. The van der Waals surface area contributed by atoms with Gasteiger partial charge in [0, 0.05) is 24.7 Å². The van der Waals surface area contributed by atoms with E-state index >= 15 is 0 Å². The highest BCUT2D eigenvalue weighted by atomic mass is 16.6. The first-order valence-corrected chi connectivity index (χ1v) is 7.49. The maximum Gasteiger partial charge on any atom is 0.419 e. The van der Waals surface area contributed by atoms with Crippen LogP contribution in [0.5, 0.6) is 5.75 Å². The molecule has 0 fully saturated rings. The standard InChI is InChI=1S/C18H15N3O2/c22-18(21-12-11-19-14-7-1-2-8-15(14)21)23-16-9-3-5-13-6-4-10-20-17(13)16/h1-10,19H,11-12H2. The fourth-order valence-electron chi connectivity index (χ4n) is 2.78. The van der Waals surface area contributed by atoms with Crippen LogP contribution in [0, 0.1) is 0 Å². The molecule has 2 heterocycles. The van der Waals surface area contributed by atoms with Crippen molar-refractivity contribution in [1.82, 2.24) is 4.98 Å². The third-order valence-corrected chi connectivity index (χ3v) is 3.86. The quantitative estimate of drug-likeness (QED) is 0.745. The SMILES string of the molecule is O=C(Oc1cccc2cccnc12)N1CCNc2ccccc21. The van der Waals surface area contributed by atoms with Gasteiger partial charge in [0.05, 0.1) is 11.4 Å². The average Bonchev–Trinajstić information content (AvgIpc) is 2.61. The van der Waals surface area contributed by atoms with Gasteiger partial charge in [0.15, 0.2) is 5.75 Å². The van der Waals surface area contributed by atoms with E-state index in [1.54, 1.807) is 17.2 Å². The number of para-hydroxylation sites is 3. The minimum absolute atomic E-state index is 0.392. The molecule has 0 spiro atoms. The van der Waals surface area contributed by atoms with Crippen LogP contribution >= 0.6 is 0 Å². The summed E-state index contributed by atoms with van der Waals surface area (Å²) in [6.07, 6.45) is 1.30. The van der Waals surface area contributed by atoms with Crippen molar-refractivity contribution in [2.24, 2.45) is 0 Å². The Hall–Kier alpha value is -3.08. The van der Waals surface area contributed by atoms with E-state index in [-0.39, 0.29) is 0 Å². The minimum atomic E-state index is -0.392. The number of amides is 1. The Labute approximate surface area is 133 Å². The van der Waals surface area contributed by atoms with Gasteiger partial charge in [-0.1, -0.05) is 30.3 Å². The zero-order valence-corrected chi connectivity index (χ0v) is 12.4. The lowest BCUT2D eigenvalue weighted by atomic mass is 10.2. The number of benzene rings is 2. The summed E-state index contributed by atoms with van der Waals surface area (Å²) in [4.78, 5) is 18.6.